The summed E-state index contributed by atoms with van der Waals surface area (Å²) in [6.45, 7) is 8.18. The normalized spacial score (nSPS) is 25.2. The Morgan fingerprint density at radius 3 is 2.58 bits per heavy atom. The first-order valence-electron chi connectivity index (χ1n) is 11.1. The summed E-state index contributed by atoms with van der Waals surface area (Å²) in [5.41, 5.74) is 1.60. The first-order valence-corrected chi connectivity index (χ1v) is 12.5. The Hall–Kier alpha value is -2.04. The van der Waals surface area contributed by atoms with Gasteiger partial charge in [0.25, 0.3) is 0 Å². The Morgan fingerprint density at radius 2 is 1.94 bits per heavy atom. The second-order valence-electron chi connectivity index (χ2n) is 9.19. The van der Waals surface area contributed by atoms with E-state index < -0.39 is 10.0 Å². The fraction of sp³-hybridized carbons (Fsp3) is 0.667. The fourth-order valence-electron chi connectivity index (χ4n) is 4.54. The quantitative estimate of drug-likeness (QED) is 0.670. The summed E-state index contributed by atoms with van der Waals surface area (Å²) < 4.78 is 36.0. The minimum absolute atomic E-state index is 0.000781. The molecule has 9 nitrogen and oxygen atoms in total. The lowest BCUT2D eigenvalue weighted by molar-refractivity contribution is 0.151. The summed E-state index contributed by atoms with van der Waals surface area (Å²) >= 11 is 0. The number of aromatic nitrogens is 4. The average Bonchev–Trinajstić information content (AvgIpc) is 3.38. The van der Waals surface area contributed by atoms with E-state index in [1.54, 1.807) is 28.3 Å². The molecule has 10 heteroatoms. The van der Waals surface area contributed by atoms with Crippen LogP contribution in [0.5, 0.6) is 5.88 Å². The number of rotatable bonds is 6. The van der Waals surface area contributed by atoms with Crippen LogP contribution in [0.1, 0.15) is 56.5 Å². The first-order chi connectivity index (χ1) is 14.8. The van der Waals surface area contributed by atoms with E-state index in [4.69, 9.17) is 4.74 Å². The fourth-order valence-corrected chi connectivity index (χ4v) is 6.16. The lowest BCUT2D eigenvalue weighted by Gasteiger charge is -2.36. The molecule has 0 N–H and O–H groups in total. The topological polar surface area (TPSA) is 93.5 Å². The number of aryl methyl sites for hydroxylation is 1. The molecule has 5 rings (SSSR count). The van der Waals surface area contributed by atoms with E-state index in [2.05, 4.69) is 20.0 Å². The van der Waals surface area contributed by atoms with Crippen molar-refractivity contribution in [3.8, 4) is 5.88 Å². The molecule has 0 unspecified atom stereocenters. The Labute approximate surface area is 183 Å². The lowest BCUT2D eigenvalue weighted by atomic mass is 10.2. The van der Waals surface area contributed by atoms with Gasteiger partial charge in [-0.15, -0.1) is 0 Å². The van der Waals surface area contributed by atoms with Crippen molar-refractivity contribution < 1.29 is 13.2 Å². The molecule has 3 fully saturated rings. The average molecular weight is 447 g/mol. The van der Waals surface area contributed by atoms with Gasteiger partial charge in [-0.25, -0.2) is 13.4 Å². The van der Waals surface area contributed by atoms with Gasteiger partial charge in [0.15, 0.2) is 0 Å². The monoisotopic (exact) mass is 446 g/mol. The summed E-state index contributed by atoms with van der Waals surface area (Å²) in [7, 11) is -3.57. The molecule has 1 saturated carbocycles. The van der Waals surface area contributed by atoms with Gasteiger partial charge >= 0.3 is 0 Å². The molecule has 0 radical (unpaired) electrons. The van der Waals surface area contributed by atoms with Crippen molar-refractivity contribution in [3.05, 3.63) is 30.0 Å². The van der Waals surface area contributed by atoms with Gasteiger partial charge in [-0.1, -0.05) is 0 Å². The maximum absolute atomic E-state index is 13.3. The molecule has 2 aromatic rings. The van der Waals surface area contributed by atoms with Crippen molar-refractivity contribution in [1.82, 2.24) is 29.0 Å². The van der Waals surface area contributed by atoms with Crippen molar-refractivity contribution in [3.63, 3.8) is 0 Å². The summed E-state index contributed by atoms with van der Waals surface area (Å²) in [6.07, 6.45) is 8.38. The molecule has 0 bridgehead atoms. The first kappa shape index (κ1) is 20.8. The summed E-state index contributed by atoms with van der Waals surface area (Å²) in [5, 5.41) is 4.39. The molecule has 1 aliphatic carbocycles. The third-order valence-corrected chi connectivity index (χ3v) is 8.46. The van der Waals surface area contributed by atoms with Crippen LogP contribution in [0.2, 0.25) is 0 Å². The van der Waals surface area contributed by atoms with Crippen molar-refractivity contribution in [2.75, 3.05) is 26.2 Å². The van der Waals surface area contributed by atoms with E-state index in [9.17, 15) is 8.42 Å². The highest BCUT2D eigenvalue weighted by molar-refractivity contribution is 7.89. The van der Waals surface area contributed by atoms with Crippen LogP contribution in [0.15, 0.2) is 23.5 Å². The maximum atomic E-state index is 13.3. The van der Waals surface area contributed by atoms with Gasteiger partial charge < -0.3 is 4.74 Å². The predicted molar refractivity (Wildman–Crippen MR) is 115 cm³/mol. The standard InChI is InChI=1S/C21H30N6O3S/c1-14(2)27-13-20(15(3)24-27)31(28,29)26-7-6-25-12-18(8-17(25)11-26)30-21-10-22-19(9-23-21)16-4-5-16/h9-10,13-14,16-18H,4-8,11-12H2,1-3H3/t17-,18+/m0/s1. The minimum atomic E-state index is -3.57. The molecule has 2 aromatic heterocycles. The molecule has 2 atom stereocenters. The zero-order valence-corrected chi connectivity index (χ0v) is 19.1. The van der Waals surface area contributed by atoms with Crippen LogP contribution >= 0.6 is 0 Å². The summed E-state index contributed by atoms with van der Waals surface area (Å²) in [6, 6.07) is 0.265. The smallest absolute Gasteiger partial charge is 0.246 e. The number of piperazine rings is 1. The molecule has 4 heterocycles. The third-order valence-electron chi connectivity index (χ3n) is 6.49. The van der Waals surface area contributed by atoms with Crippen LogP contribution in [-0.2, 0) is 10.0 Å². The number of nitrogens with zero attached hydrogens (tertiary/aromatic N) is 6. The molecular formula is C21H30N6O3S. The highest BCUT2D eigenvalue weighted by Crippen LogP contribution is 2.38. The minimum Gasteiger partial charge on any atom is -0.472 e. The molecular weight excluding hydrogens is 416 g/mol. The second kappa shape index (κ2) is 7.83. The molecule has 168 valence electrons. The van der Waals surface area contributed by atoms with Crippen LogP contribution in [0.4, 0.5) is 0 Å². The van der Waals surface area contributed by atoms with Gasteiger partial charge in [0, 0.05) is 56.8 Å². The Bertz CT molecular complexity index is 1050. The second-order valence-corrected chi connectivity index (χ2v) is 11.1. The van der Waals surface area contributed by atoms with Crippen LogP contribution in [0.25, 0.3) is 0 Å². The van der Waals surface area contributed by atoms with Crippen LogP contribution < -0.4 is 4.74 Å². The zero-order chi connectivity index (χ0) is 21.8. The molecule has 31 heavy (non-hydrogen) atoms. The third kappa shape index (κ3) is 4.08. The number of ether oxygens (including phenoxy) is 1. The number of hydrogen-bond donors (Lipinski definition) is 0. The Kier molecular flexibility index (Phi) is 5.26. The van der Waals surface area contributed by atoms with Crippen LogP contribution in [0, 0.1) is 6.92 Å². The van der Waals surface area contributed by atoms with Crippen LogP contribution in [-0.4, -0.2) is 75.7 Å². The predicted octanol–water partition coefficient (Wildman–Crippen LogP) is 1.97. The lowest BCUT2D eigenvalue weighted by Crippen LogP contribution is -2.51. The van der Waals surface area contributed by atoms with Crippen molar-refractivity contribution in [2.45, 2.75) is 69.0 Å². The van der Waals surface area contributed by atoms with Gasteiger partial charge in [-0.3, -0.25) is 14.6 Å². The van der Waals surface area contributed by atoms with Gasteiger partial charge in [-0.2, -0.15) is 9.40 Å². The molecule has 0 aromatic carbocycles. The highest BCUT2D eigenvalue weighted by atomic mass is 32.2. The summed E-state index contributed by atoms with van der Waals surface area (Å²) in [5.74, 6) is 1.13. The largest absolute Gasteiger partial charge is 0.472 e. The molecule has 0 amide bonds. The molecule has 2 aliphatic heterocycles. The van der Waals surface area contributed by atoms with Gasteiger partial charge in [0.2, 0.25) is 15.9 Å². The Morgan fingerprint density at radius 1 is 1.13 bits per heavy atom. The van der Waals surface area contributed by atoms with Gasteiger partial charge in [0.1, 0.15) is 11.0 Å². The van der Waals surface area contributed by atoms with E-state index >= 15 is 0 Å². The van der Waals surface area contributed by atoms with E-state index in [0.717, 1.165) is 18.7 Å². The van der Waals surface area contributed by atoms with Gasteiger partial charge in [0.05, 0.1) is 23.8 Å². The van der Waals surface area contributed by atoms with Gasteiger partial charge in [-0.05, 0) is 33.6 Å². The van der Waals surface area contributed by atoms with Crippen molar-refractivity contribution in [2.24, 2.45) is 0 Å². The van der Waals surface area contributed by atoms with Crippen LogP contribution in [0.3, 0.4) is 0 Å². The molecule has 0 spiro atoms. The van der Waals surface area contributed by atoms with E-state index in [0.29, 0.717) is 42.0 Å². The van der Waals surface area contributed by atoms with Crippen molar-refractivity contribution in [1.29, 1.82) is 0 Å². The van der Waals surface area contributed by atoms with E-state index in [1.165, 1.54) is 12.8 Å². The SMILES string of the molecule is Cc1nn(C(C)C)cc1S(=O)(=O)N1CCN2C[C@H](Oc3cnc(C4CC4)cn3)C[C@H]2C1. The molecule has 2 saturated heterocycles. The molecule has 3 aliphatic rings. The number of hydrogen-bond acceptors (Lipinski definition) is 7. The Balaban J connectivity index is 1.24. The maximum Gasteiger partial charge on any atom is 0.246 e. The summed E-state index contributed by atoms with van der Waals surface area (Å²) in [4.78, 5) is 11.5. The van der Waals surface area contributed by atoms with E-state index in [-0.39, 0.29) is 18.2 Å². The van der Waals surface area contributed by atoms with E-state index in [1.807, 2.05) is 20.0 Å². The number of sulfonamides is 1. The highest BCUT2D eigenvalue weighted by Gasteiger charge is 2.41. The number of fused-ring (bicyclic) bond motifs is 1. The zero-order valence-electron chi connectivity index (χ0n) is 18.3. The van der Waals surface area contributed by atoms with Crippen molar-refractivity contribution >= 4 is 10.0 Å².